The SMILES string of the molecule is Cn1c(C(F)(F)F)cc2c(CCC(=O)O)cccc21. The van der Waals surface area contributed by atoms with Gasteiger partial charge in [-0.15, -0.1) is 0 Å². The van der Waals surface area contributed by atoms with Gasteiger partial charge < -0.3 is 9.67 Å². The van der Waals surface area contributed by atoms with E-state index < -0.39 is 17.8 Å². The van der Waals surface area contributed by atoms with Crippen molar-refractivity contribution in [2.75, 3.05) is 0 Å². The van der Waals surface area contributed by atoms with Gasteiger partial charge in [-0.3, -0.25) is 4.79 Å². The van der Waals surface area contributed by atoms with Gasteiger partial charge in [0.15, 0.2) is 0 Å². The van der Waals surface area contributed by atoms with E-state index in [2.05, 4.69) is 0 Å². The number of aromatic nitrogens is 1. The van der Waals surface area contributed by atoms with Crippen LogP contribution < -0.4 is 0 Å². The van der Waals surface area contributed by atoms with Crippen molar-refractivity contribution in [2.45, 2.75) is 19.0 Å². The second-order valence-electron chi connectivity index (χ2n) is 4.33. The number of carboxylic acid groups (broad SMARTS) is 1. The van der Waals surface area contributed by atoms with Crippen LogP contribution in [0.5, 0.6) is 0 Å². The smallest absolute Gasteiger partial charge is 0.431 e. The third-order valence-electron chi connectivity index (χ3n) is 3.08. The molecule has 3 nitrogen and oxygen atoms in total. The third-order valence-corrected chi connectivity index (χ3v) is 3.08. The van der Waals surface area contributed by atoms with E-state index >= 15 is 0 Å². The van der Waals surface area contributed by atoms with Crippen LogP contribution in [0.25, 0.3) is 10.9 Å². The first-order valence-electron chi connectivity index (χ1n) is 5.67. The molecule has 1 aromatic heterocycles. The lowest BCUT2D eigenvalue weighted by molar-refractivity contribution is -0.142. The molecule has 0 saturated carbocycles. The predicted molar refractivity (Wildman–Crippen MR) is 63.9 cm³/mol. The summed E-state index contributed by atoms with van der Waals surface area (Å²) in [6.07, 6.45) is -4.30. The molecule has 1 N–H and O–H groups in total. The summed E-state index contributed by atoms with van der Waals surface area (Å²) >= 11 is 0. The summed E-state index contributed by atoms with van der Waals surface area (Å²) in [5.41, 5.74) is 0.339. The molecule has 0 aliphatic heterocycles. The highest BCUT2D eigenvalue weighted by atomic mass is 19.4. The summed E-state index contributed by atoms with van der Waals surface area (Å²) in [5, 5.41) is 9.11. The minimum atomic E-state index is -4.42. The monoisotopic (exact) mass is 271 g/mol. The minimum Gasteiger partial charge on any atom is -0.481 e. The molecular formula is C13H12F3NO2. The average molecular weight is 271 g/mol. The number of benzene rings is 1. The lowest BCUT2D eigenvalue weighted by Gasteiger charge is -2.07. The van der Waals surface area contributed by atoms with Gasteiger partial charge in [0.2, 0.25) is 0 Å². The second kappa shape index (κ2) is 4.60. The number of aryl methyl sites for hydroxylation is 2. The topological polar surface area (TPSA) is 42.2 Å². The Morgan fingerprint density at radius 2 is 2.05 bits per heavy atom. The Balaban J connectivity index is 2.53. The molecule has 2 aromatic rings. The molecule has 0 unspecified atom stereocenters. The van der Waals surface area contributed by atoms with Crippen LogP contribution in [0.2, 0.25) is 0 Å². The van der Waals surface area contributed by atoms with E-state index in [4.69, 9.17) is 5.11 Å². The lowest BCUT2D eigenvalue weighted by Crippen LogP contribution is -2.10. The molecule has 102 valence electrons. The zero-order chi connectivity index (χ0) is 14.2. The Morgan fingerprint density at radius 1 is 1.37 bits per heavy atom. The zero-order valence-electron chi connectivity index (χ0n) is 10.2. The van der Waals surface area contributed by atoms with Crippen molar-refractivity contribution in [3.05, 3.63) is 35.5 Å². The van der Waals surface area contributed by atoms with Gasteiger partial charge >= 0.3 is 12.1 Å². The third kappa shape index (κ3) is 2.57. The largest absolute Gasteiger partial charge is 0.481 e. The molecular weight excluding hydrogens is 259 g/mol. The highest BCUT2D eigenvalue weighted by Gasteiger charge is 2.34. The summed E-state index contributed by atoms with van der Waals surface area (Å²) in [4.78, 5) is 10.6. The van der Waals surface area contributed by atoms with Crippen LogP contribution in [0.15, 0.2) is 24.3 Å². The highest BCUT2D eigenvalue weighted by Crippen LogP contribution is 2.34. The van der Waals surface area contributed by atoms with E-state index in [0.29, 0.717) is 16.5 Å². The molecule has 6 heteroatoms. The molecule has 2 rings (SSSR count). The predicted octanol–water partition coefficient (Wildman–Crippen LogP) is 3.21. The Morgan fingerprint density at radius 3 is 2.63 bits per heavy atom. The van der Waals surface area contributed by atoms with E-state index in [-0.39, 0.29) is 12.8 Å². The van der Waals surface area contributed by atoms with Crippen molar-refractivity contribution in [1.29, 1.82) is 0 Å². The zero-order valence-corrected chi connectivity index (χ0v) is 10.2. The first-order valence-corrected chi connectivity index (χ1v) is 5.67. The number of rotatable bonds is 3. The molecule has 19 heavy (non-hydrogen) atoms. The van der Waals surface area contributed by atoms with Crippen molar-refractivity contribution < 1.29 is 23.1 Å². The van der Waals surface area contributed by atoms with Crippen LogP contribution >= 0.6 is 0 Å². The molecule has 1 heterocycles. The Labute approximate surface area is 107 Å². The van der Waals surface area contributed by atoms with Crippen molar-refractivity contribution in [2.24, 2.45) is 7.05 Å². The van der Waals surface area contributed by atoms with E-state index in [0.717, 1.165) is 10.6 Å². The van der Waals surface area contributed by atoms with Crippen LogP contribution in [0.4, 0.5) is 13.2 Å². The van der Waals surface area contributed by atoms with E-state index in [1.165, 1.54) is 7.05 Å². The highest BCUT2D eigenvalue weighted by molar-refractivity contribution is 5.85. The van der Waals surface area contributed by atoms with Gasteiger partial charge in [-0.2, -0.15) is 13.2 Å². The lowest BCUT2D eigenvalue weighted by atomic mass is 10.1. The second-order valence-corrected chi connectivity index (χ2v) is 4.33. The molecule has 0 saturated heterocycles. The van der Waals surface area contributed by atoms with Gasteiger partial charge in [-0.05, 0) is 24.1 Å². The Bertz CT molecular complexity index is 629. The minimum absolute atomic E-state index is 0.102. The Kier molecular flexibility index (Phi) is 3.26. The Hall–Kier alpha value is -1.98. The fraction of sp³-hybridized carbons (Fsp3) is 0.308. The van der Waals surface area contributed by atoms with E-state index in [1.54, 1.807) is 18.2 Å². The van der Waals surface area contributed by atoms with Gasteiger partial charge in [0.25, 0.3) is 0 Å². The number of carboxylic acids is 1. The number of halogens is 3. The molecule has 0 fully saturated rings. The van der Waals surface area contributed by atoms with Gasteiger partial charge in [-0.25, -0.2) is 0 Å². The normalized spacial score (nSPS) is 12.0. The quantitative estimate of drug-likeness (QED) is 0.931. The summed E-state index contributed by atoms with van der Waals surface area (Å²) in [6, 6.07) is 5.96. The van der Waals surface area contributed by atoms with Gasteiger partial charge in [0.05, 0.1) is 0 Å². The maximum absolute atomic E-state index is 12.8. The summed E-state index contributed by atoms with van der Waals surface area (Å²) in [5.74, 6) is -0.969. The number of hydrogen-bond donors (Lipinski definition) is 1. The summed E-state index contributed by atoms with van der Waals surface area (Å²) < 4.78 is 39.5. The van der Waals surface area contributed by atoms with Crippen molar-refractivity contribution in [3.63, 3.8) is 0 Å². The summed E-state index contributed by atoms with van der Waals surface area (Å²) in [7, 11) is 1.35. The number of fused-ring (bicyclic) bond motifs is 1. The average Bonchev–Trinajstić information content (AvgIpc) is 2.65. The van der Waals surface area contributed by atoms with Gasteiger partial charge in [0.1, 0.15) is 5.69 Å². The maximum atomic E-state index is 12.8. The van der Waals surface area contributed by atoms with E-state index in [9.17, 15) is 18.0 Å². The molecule has 1 aromatic carbocycles. The standard InChI is InChI=1S/C13H12F3NO2/c1-17-10-4-2-3-8(5-6-12(18)19)9(10)7-11(17)13(14,15)16/h2-4,7H,5-6H2,1H3,(H,18,19). The number of carbonyl (C=O) groups is 1. The molecule has 0 amide bonds. The number of alkyl halides is 3. The number of aliphatic carboxylic acids is 1. The van der Waals surface area contributed by atoms with Gasteiger partial charge in [-0.1, -0.05) is 12.1 Å². The fourth-order valence-electron chi connectivity index (χ4n) is 2.15. The van der Waals surface area contributed by atoms with Crippen LogP contribution in [-0.4, -0.2) is 15.6 Å². The molecule has 0 aliphatic carbocycles. The molecule has 0 bridgehead atoms. The molecule has 0 atom stereocenters. The number of nitrogens with zero attached hydrogens (tertiary/aromatic N) is 1. The van der Waals surface area contributed by atoms with Crippen LogP contribution in [0, 0.1) is 0 Å². The van der Waals surface area contributed by atoms with Crippen molar-refractivity contribution in [1.82, 2.24) is 4.57 Å². The van der Waals surface area contributed by atoms with Crippen LogP contribution in [0.3, 0.4) is 0 Å². The van der Waals surface area contributed by atoms with Crippen LogP contribution in [-0.2, 0) is 24.4 Å². The van der Waals surface area contributed by atoms with Crippen LogP contribution in [0.1, 0.15) is 17.7 Å². The molecule has 0 spiro atoms. The molecule has 0 radical (unpaired) electrons. The van der Waals surface area contributed by atoms with Crippen molar-refractivity contribution >= 4 is 16.9 Å². The van der Waals surface area contributed by atoms with E-state index in [1.807, 2.05) is 0 Å². The maximum Gasteiger partial charge on any atom is 0.431 e. The first-order chi connectivity index (χ1) is 8.80. The first kappa shape index (κ1) is 13.5. The number of hydrogen-bond acceptors (Lipinski definition) is 1. The van der Waals surface area contributed by atoms with Crippen molar-refractivity contribution in [3.8, 4) is 0 Å². The summed E-state index contributed by atoms with van der Waals surface area (Å²) in [6.45, 7) is 0. The van der Waals surface area contributed by atoms with Gasteiger partial charge in [0, 0.05) is 24.4 Å². The molecule has 0 aliphatic rings. The fourth-order valence-corrected chi connectivity index (χ4v) is 2.15.